The van der Waals surface area contributed by atoms with Gasteiger partial charge in [0.2, 0.25) is 11.8 Å². The zero-order valence-electron chi connectivity index (χ0n) is 28.2. The molecular weight excluding hydrogens is 662 g/mol. The molecule has 51 heavy (non-hydrogen) atoms. The first-order valence-corrected chi connectivity index (χ1v) is 17.7. The minimum absolute atomic E-state index is 0.0319. The van der Waals surface area contributed by atoms with Gasteiger partial charge in [-0.15, -0.1) is 0 Å². The minimum atomic E-state index is -1.42. The molecule has 256 valence electrons. The molecule has 1 saturated heterocycles. The summed E-state index contributed by atoms with van der Waals surface area (Å²) in [5.41, 5.74) is 3.20. The van der Waals surface area contributed by atoms with E-state index in [-0.39, 0.29) is 46.3 Å². The summed E-state index contributed by atoms with van der Waals surface area (Å²) in [4.78, 5) is 60.2. The number of hydrogen-bond acceptors (Lipinski definition) is 6. The lowest BCUT2D eigenvalue weighted by Crippen LogP contribution is -2.58. The number of aromatic hydroxyl groups is 1. The summed E-state index contributed by atoms with van der Waals surface area (Å²) in [6.45, 7) is 2.05. The number of aryl methyl sites for hydroxylation is 1. The van der Waals surface area contributed by atoms with Crippen LogP contribution in [-0.4, -0.2) is 35.6 Å². The summed E-state index contributed by atoms with van der Waals surface area (Å²) in [6.07, 6.45) is 4.80. The molecule has 7 nitrogen and oxygen atoms in total. The summed E-state index contributed by atoms with van der Waals surface area (Å²) < 4.78 is 5.55. The van der Waals surface area contributed by atoms with Crippen molar-refractivity contribution in [3.63, 3.8) is 0 Å². The number of hydrogen-bond donors (Lipinski definition) is 1. The summed E-state index contributed by atoms with van der Waals surface area (Å²) >= 11 is 6.65. The van der Waals surface area contributed by atoms with Crippen LogP contribution in [0.3, 0.4) is 0 Å². The molecule has 0 radical (unpaired) electrons. The molecule has 2 fully saturated rings. The largest absolute Gasteiger partial charge is 0.503 e. The van der Waals surface area contributed by atoms with Gasteiger partial charge in [-0.25, -0.2) is 0 Å². The van der Waals surface area contributed by atoms with E-state index in [9.17, 15) is 14.7 Å². The third kappa shape index (κ3) is 4.85. The molecule has 3 aliphatic carbocycles. The summed E-state index contributed by atoms with van der Waals surface area (Å²) in [7, 11) is 1.42. The zero-order valence-corrected chi connectivity index (χ0v) is 29.0. The Balaban J connectivity index is 1.36. The van der Waals surface area contributed by atoms with Crippen molar-refractivity contribution in [3.05, 3.63) is 142 Å². The van der Waals surface area contributed by atoms with Gasteiger partial charge in [-0.05, 0) is 77.8 Å². The zero-order chi connectivity index (χ0) is 35.6. The van der Waals surface area contributed by atoms with Crippen molar-refractivity contribution in [1.29, 1.82) is 0 Å². The monoisotopic (exact) mass is 697 g/mol. The summed E-state index contributed by atoms with van der Waals surface area (Å²) in [5.74, 6) is -4.65. The van der Waals surface area contributed by atoms with Crippen molar-refractivity contribution < 1.29 is 29.0 Å². The highest BCUT2D eigenvalue weighted by molar-refractivity contribution is 6.33. The predicted molar refractivity (Wildman–Crippen MR) is 195 cm³/mol. The molecule has 1 heterocycles. The van der Waals surface area contributed by atoms with Crippen molar-refractivity contribution in [2.45, 2.75) is 37.5 Å². The van der Waals surface area contributed by atoms with Gasteiger partial charge in [0.05, 0.1) is 35.1 Å². The van der Waals surface area contributed by atoms with E-state index in [0.717, 1.165) is 17.6 Å². The van der Waals surface area contributed by atoms with Crippen LogP contribution < -0.4 is 9.64 Å². The molecule has 6 unspecified atom stereocenters. The highest BCUT2D eigenvalue weighted by atomic mass is 35.5. The molecule has 1 aliphatic heterocycles. The number of phenolic OH excluding ortho intramolecular Hbond substituents is 1. The number of imide groups is 1. The molecule has 0 bridgehead atoms. The van der Waals surface area contributed by atoms with Crippen molar-refractivity contribution in [3.8, 4) is 11.5 Å². The maximum absolute atomic E-state index is 15.2. The van der Waals surface area contributed by atoms with Crippen LogP contribution in [0.15, 0.2) is 115 Å². The molecule has 0 aromatic heterocycles. The number of benzene rings is 4. The molecule has 8 rings (SSSR count). The first-order chi connectivity index (χ1) is 24.7. The van der Waals surface area contributed by atoms with Gasteiger partial charge in [0.1, 0.15) is 0 Å². The number of carbonyl (C=O) groups excluding carboxylic acids is 4. The molecular formula is C43H36ClNO6. The van der Waals surface area contributed by atoms with E-state index >= 15 is 9.59 Å². The summed E-state index contributed by atoms with van der Waals surface area (Å²) in [6, 6.07) is 29.3. The van der Waals surface area contributed by atoms with Crippen LogP contribution in [-0.2, 0) is 31.0 Å². The Labute approximate surface area is 301 Å². The first kappa shape index (κ1) is 32.9. The van der Waals surface area contributed by atoms with Crippen LogP contribution in [0.1, 0.15) is 47.9 Å². The average molecular weight is 698 g/mol. The molecule has 1 N–H and O–H groups in total. The molecule has 4 aliphatic rings. The molecule has 0 spiro atoms. The number of nitrogens with zero attached hydrogens (tertiary/aromatic N) is 1. The second-order valence-electron chi connectivity index (χ2n) is 13.9. The van der Waals surface area contributed by atoms with E-state index in [1.165, 1.54) is 18.1 Å². The number of rotatable bonds is 6. The molecule has 1 saturated carbocycles. The van der Waals surface area contributed by atoms with Crippen LogP contribution in [0, 0.1) is 23.7 Å². The lowest BCUT2D eigenvalue weighted by atomic mass is 9.44. The normalized spacial score (nSPS) is 27.0. The number of Topliss-reactive ketones (excluding diaryl/α,β-unsaturated/α-hetero) is 1. The van der Waals surface area contributed by atoms with E-state index in [1.54, 1.807) is 12.1 Å². The molecule has 8 heteroatoms. The maximum atomic E-state index is 15.2. The number of phenols is 1. The molecule has 6 atom stereocenters. The van der Waals surface area contributed by atoms with Crippen LogP contribution in [0.4, 0.5) is 5.69 Å². The van der Waals surface area contributed by atoms with Crippen molar-refractivity contribution in [2.24, 2.45) is 23.7 Å². The molecule has 4 aromatic rings. The smallest absolute Gasteiger partial charge is 0.238 e. The van der Waals surface area contributed by atoms with E-state index in [2.05, 4.69) is 0 Å². The van der Waals surface area contributed by atoms with Crippen molar-refractivity contribution in [2.75, 3.05) is 12.0 Å². The van der Waals surface area contributed by atoms with E-state index in [0.29, 0.717) is 34.4 Å². The molecule has 2 amide bonds. The number of allylic oxidation sites excluding steroid dienone is 4. The average Bonchev–Trinajstić information content (AvgIpc) is 3.42. The van der Waals surface area contributed by atoms with E-state index in [4.69, 9.17) is 16.3 Å². The van der Waals surface area contributed by atoms with Gasteiger partial charge in [-0.3, -0.25) is 24.1 Å². The fraction of sp³-hybridized carbons (Fsp3) is 0.256. The van der Waals surface area contributed by atoms with E-state index < -0.39 is 35.0 Å². The van der Waals surface area contributed by atoms with Crippen molar-refractivity contribution >= 4 is 46.2 Å². The van der Waals surface area contributed by atoms with Crippen molar-refractivity contribution in [1.82, 2.24) is 0 Å². The quantitative estimate of drug-likeness (QED) is 0.164. The van der Waals surface area contributed by atoms with Crippen LogP contribution in [0.25, 0.3) is 5.57 Å². The van der Waals surface area contributed by atoms with Gasteiger partial charge in [0.25, 0.3) is 0 Å². The Bertz CT molecular complexity index is 2160. The topological polar surface area (TPSA) is 101 Å². The second kappa shape index (κ2) is 12.5. The Morgan fingerprint density at radius 3 is 2.24 bits per heavy atom. The van der Waals surface area contributed by atoms with Gasteiger partial charge in [-0.2, -0.15) is 0 Å². The lowest BCUT2D eigenvalue weighted by molar-refractivity contribution is -0.135. The fourth-order valence-electron chi connectivity index (χ4n) is 9.30. The minimum Gasteiger partial charge on any atom is -0.503 e. The molecule has 4 aromatic carbocycles. The van der Waals surface area contributed by atoms with Gasteiger partial charge < -0.3 is 9.84 Å². The van der Waals surface area contributed by atoms with Gasteiger partial charge >= 0.3 is 0 Å². The predicted octanol–water partition coefficient (Wildman–Crippen LogP) is 7.65. The van der Waals surface area contributed by atoms with Crippen LogP contribution in [0.5, 0.6) is 11.5 Å². The SMILES string of the molecule is CCc1ccc(N2C(=O)C3CC=C4C(CC5C(=O)C(c6ccccc6)=CC(=O)C5(c5ccccc5)C4c4cc(Cl)c(O)c(OC)c4)C3C2=O)cc1. The third-order valence-corrected chi connectivity index (χ3v) is 11.9. The third-order valence-electron chi connectivity index (χ3n) is 11.6. The number of carbonyl (C=O) groups is 4. The van der Waals surface area contributed by atoms with Crippen LogP contribution >= 0.6 is 11.6 Å². The second-order valence-corrected chi connectivity index (χ2v) is 14.3. The number of anilines is 1. The standard InChI is InChI=1S/C43H36ClNO6/c1-3-24-14-16-28(17-15-24)45-41(49)30-19-18-29-32(37(30)42(45)50)22-33-39(47)31(25-10-6-4-7-11-25)23-36(46)43(33,27-12-8-5-9-13-27)38(29)26-20-34(44)40(48)35(21-26)51-2/h4-18,20-21,23,30,32-33,37-38,48H,3,19,22H2,1-2H3. The number of amides is 2. The highest BCUT2D eigenvalue weighted by Gasteiger charge is 2.66. The Kier molecular flexibility index (Phi) is 8.06. The number of halogens is 1. The number of ketones is 2. The number of fused-ring (bicyclic) bond motifs is 4. The first-order valence-electron chi connectivity index (χ1n) is 17.3. The number of methoxy groups -OCH3 is 1. The Hall–Kier alpha value is -5.27. The van der Waals surface area contributed by atoms with E-state index in [1.807, 2.05) is 97.9 Å². The van der Waals surface area contributed by atoms with Gasteiger partial charge in [0.15, 0.2) is 23.1 Å². The fourth-order valence-corrected chi connectivity index (χ4v) is 9.52. The lowest BCUT2D eigenvalue weighted by Gasteiger charge is -2.55. The number of ether oxygens (including phenoxy) is 1. The Morgan fingerprint density at radius 2 is 1.57 bits per heavy atom. The highest BCUT2D eigenvalue weighted by Crippen LogP contribution is 2.64. The van der Waals surface area contributed by atoms with Crippen LogP contribution in [0.2, 0.25) is 5.02 Å². The Morgan fingerprint density at radius 1 is 0.882 bits per heavy atom. The van der Waals surface area contributed by atoms with Gasteiger partial charge in [-0.1, -0.05) is 103 Å². The summed E-state index contributed by atoms with van der Waals surface area (Å²) in [5, 5.41) is 10.8. The maximum Gasteiger partial charge on any atom is 0.238 e. The van der Waals surface area contributed by atoms with Gasteiger partial charge in [0, 0.05) is 17.4 Å².